The summed E-state index contributed by atoms with van der Waals surface area (Å²) in [4.78, 5) is 27.5. The molecule has 1 aromatic rings. The van der Waals surface area contributed by atoms with Crippen LogP contribution in [0.4, 0.5) is 0 Å². The Morgan fingerprint density at radius 1 is 1.38 bits per heavy atom. The minimum absolute atomic E-state index is 0.0118. The summed E-state index contributed by atoms with van der Waals surface area (Å²) in [5, 5.41) is 12.7. The smallest absolute Gasteiger partial charge is 0.261 e. The van der Waals surface area contributed by atoms with Crippen molar-refractivity contribution in [2.75, 3.05) is 19.6 Å². The monoisotopic (exact) mass is 310 g/mol. The molecule has 2 amide bonds. The maximum absolute atomic E-state index is 12.1. The van der Waals surface area contributed by atoms with Crippen LogP contribution in [-0.2, 0) is 4.79 Å². The minimum Gasteiger partial charge on any atom is -0.390 e. The first-order valence-corrected chi connectivity index (χ1v) is 8.04. The van der Waals surface area contributed by atoms with E-state index in [-0.39, 0.29) is 18.4 Å². The Bertz CT molecular complexity index is 525. The number of aryl methyl sites for hydroxylation is 1. The van der Waals surface area contributed by atoms with E-state index in [4.69, 9.17) is 0 Å². The Balaban J connectivity index is 1.83. The molecule has 0 spiro atoms. The number of amides is 2. The minimum atomic E-state index is -0.688. The number of likely N-dealkylation sites (tertiary alicyclic amines) is 1. The van der Waals surface area contributed by atoms with Crippen LogP contribution in [0.5, 0.6) is 0 Å². The van der Waals surface area contributed by atoms with Crippen molar-refractivity contribution in [3.05, 3.63) is 21.9 Å². The second kappa shape index (κ2) is 6.58. The zero-order chi connectivity index (χ0) is 15.5. The van der Waals surface area contributed by atoms with Crippen molar-refractivity contribution in [2.24, 2.45) is 0 Å². The van der Waals surface area contributed by atoms with Crippen molar-refractivity contribution in [1.82, 2.24) is 10.2 Å². The molecule has 2 heterocycles. The van der Waals surface area contributed by atoms with Crippen molar-refractivity contribution in [3.63, 3.8) is 0 Å². The summed E-state index contributed by atoms with van der Waals surface area (Å²) >= 11 is 1.42. The number of thiophene rings is 1. The van der Waals surface area contributed by atoms with Crippen molar-refractivity contribution < 1.29 is 14.7 Å². The second-order valence-corrected chi connectivity index (χ2v) is 7.11. The predicted octanol–water partition coefficient (Wildman–Crippen LogP) is 1.55. The molecule has 1 aliphatic heterocycles. The van der Waals surface area contributed by atoms with Gasteiger partial charge in [-0.3, -0.25) is 9.59 Å². The van der Waals surface area contributed by atoms with Crippen molar-refractivity contribution in [2.45, 2.75) is 38.7 Å². The van der Waals surface area contributed by atoms with Crippen LogP contribution in [0.1, 0.15) is 40.7 Å². The molecule has 1 aliphatic rings. The largest absolute Gasteiger partial charge is 0.390 e. The summed E-state index contributed by atoms with van der Waals surface area (Å²) in [5.41, 5.74) is -0.688. The van der Waals surface area contributed by atoms with Crippen LogP contribution in [-0.4, -0.2) is 47.1 Å². The molecule has 1 fully saturated rings. The van der Waals surface area contributed by atoms with Gasteiger partial charge in [-0.1, -0.05) is 0 Å². The third-order valence-electron chi connectivity index (χ3n) is 3.78. The summed E-state index contributed by atoms with van der Waals surface area (Å²) < 4.78 is 0. The fourth-order valence-electron chi connectivity index (χ4n) is 2.42. The van der Waals surface area contributed by atoms with Gasteiger partial charge in [0.1, 0.15) is 0 Å². The van der Waals surface area contributed by atoms with E-state index in [2.05, 4.69) is 5.32 Å². The van der Waals surface area contributed by atoms with Gasteiger partial charge in [-0.2, -0.15) is 0 Å². The van der Waals surface area contributed by atoms with Gasteiger partial charge in [0.05, 0.1) is 17.0 Å². The number of nitrogens with zero attached hydrogens (tertiary/aromatic N) is 1. The Kier molecular flexibility index (Phi) is 5.00. The summed E-state index contributed by atoms with van der Waals surface area (Å²) in [6.45, 7) is 4.94. The number of aliphatic hydroxyl groups is 1. The average molecular weight is 310 g/mol. The number of rotatable bonds is 3. The second-order valence-electron chi connectivity index (χ2n) is 5.82. The topological polar surface area (TPSA) is 69.6 Å². The van der Waals surface area contributed by atoms with Crippen molar-refractivity contribution in [3.8, 4) is 0 Å². The lowest BCUT2D eigenvalue weighted by Crippen LogP contribution is -2.41. The molecule has 0 aromatic carbocycles. The number of nitrogens with one attached hydrogen (secondary N) is 1. The van der Waals surface area contributed by atoms with Crippen molar-refractivity contribution >= 4 is 23.2 Å². The SMILES string of the molecule is Cc1ccc(C(=O)NCC(=O)N2CCCC(C)(O)CC2)s1. The van der Waals surface area contributed by atoms with E-state index in [1.165, 1.54) is 11.3 Å². The summed E-state index contributed by atoms with van der Waals surface area (Å²) in [6.07, 6.45) is 2.07. The van der Waals surface area contributed by atoms with Gasteiger partial charge in [-0.05, 0) is 45.2 Å². The van der Waals surface area contributed by atoms with Crippen LogP contribution in [0.25, 0.3) is 0 Å². The van der Waals surface area contributed by atoms with E-state index in [0.29, 0.717) is 30.8 Å². The molecule has 0 bridgehead atoms. The third kappa shape index (κ3) is 4.54. The summed E-state index contributed by atoms with van der Waals surface area (Å²) in [7, 11) is 0. The highest BCUT2D eigenvalue weighted by atomic mass is 32.1. The maximum Gasteiger partial charge on any atom is 0.261 e. The standard InChI is InChI=1S/C15H22N2O3S/c1-11-4-5-12(21-11)14(19)16-10-13(18)17-8-3-6-15(2,20)7-9-17/h4-5,20H,3,6-10H2,1-2H3,(H,16,19). The molecule has 1 unspecified atom stereocenters. The van der Waals surface area contributed by atoms with Gasteiger partial charge in [0.2, 0.25) is 5.91 Å². The molecular weight excluding hydrogens is 288 g/mol. The van der Waals surface area contributed by atoms with Gasteiger partial charge >= 0.3 is 0 Å². The molecule has 21 heavy (non-hydrogen) atoms. The Morgan fingerprint density at radius 3 is 2.81 bits per heavy atom. The van der Waals surface area contributed by atoms with Crippen LogP contribution >= 0.6 is 11.3 Å². The molecule has 2 rings (SSSR count). The van der Waals surface area contributed by atoms with Crippen LogP contribution in [0.15, 0.2) is 12.1 Å². The summed E-state index contributed by atoms with van der Waals surface area (Å²) in [6, 6.07) is 3.65. The zero-order valence-corrected chi connectivity index (χ0v) is 13.3. The Hall–Kier alpha value is -1.40. The molecule has 5 nitrogen and oxygen atoms in total. The van der Waals surface area contributed by atoms with Crippen LogP contribution < -0.4 is 5.32 Å². The molecule has 0 saturated carbocycles. The lowest BCUT2D eigenvalue weighted by atomic mass is 9.98. The van der Waals surface area contributed by atoms with Gasteiger partial charge < -0.3 is 15.3 Å². The predicted molar refractivity (Wildman–Crippen MR) is 82.4 cm³/mol. The first kappa shape index (κ1) is 16.0. The Morgan fingerprint density at radius 2 is 2.14 bits per heavy atom. The van der Waals surface area contributed by atoms with E-state index in [1.807, 2.05) is 19.9 Å². The highest BCUT2D eigenvalue weighted by Crippen LogP contribution is 2.21. The molecule has 116 valence electrons. The van der Waals surface area contributed by atoms with Gasteiger partial charge in [0, 0.05) is 18.0 Å². The number of hydrogen-bond donors (Lipinski definition) is 2. The van der Waals surface area contributed by atoms with Gasteiger partial charge in [0.15, 0.2) is 0 Å². The van der Waals surface area contributed by atoms with Gasteiger partial charge in [-0.15, -0.1) is 11.3 Å². The lowest BCUT2D eigenvalue weighted by Gasteiger charge is -2.22. The fraction of sp³-hybridized carbons (Fsp3) is 0.600. The number of carbonyl (C=O) groups excluding carboxylic acids is 2. The maximum atomic E-state index is 12.1. The molecule has 1 atom stereocenters. The van der Waals surface area contributed by atoms with E-state index in [0.717, 1.165) is 11.3 Å². The number of carbonyl (C=O) groups is 2. The van der Waals surface area contributed by atoms with Crippen LogP contribution in [0.2, 0.25) is 0 Å². The Labute approximate surface area is 129 Å². The van der Waals surface area contributed by atoms with E-state index in [9.17, 15) is 14.7 Å². The quantitative estimate of drug-likeness (QED) is 0.890. The fourth-order valence-corrected chi connectivity index (χ4v) is 3.21. The van der Waals surface area contributed by atoms with Crippen LogP contribution in [0, 0.1) is 6.92 Å². The highest BCUT2D eigenvalue weighted by molar-refractivity contribution is 7.13. The van der Waals surface area contributed by atoms with Gasteiger partial charge in [-0.25, -0.2) is 0 Å². The highest BCUT2D eigenvalue weighted by Gasteiger charge is 2.27. The lowest BCUT2D eigenvalue weighted by molar-refractivity contribution is -0.130. The van der Waals surface area contributed by atoms with Gasteiger partial charge in [0.25, 0.3) is 5.91 Å². The van der Waals surface area contributed by atoms with Crippen LogP contribution in [0.3, 0.4) is 0 Å². The molecule has 0 aliphatic carbocycles. The molecule has 2 N–H and O–H groups in total. The van der Waals surface area contributed by atoms with Crippen molar-refractivity contribution in [1.29, 1.82) is 0 Å². The molecule has 1 saturated heterocycles. The zero-order valence-electron chi connectivity index (χ0n) is 12.5. The van der Waals surface area contributed by atoms with E-state index in [1.54, 1.807) is 11.0 Å². The van der Waals surface area contributed by atoms with E-state index >= 15 is 0 Å². The number of hydrogen-bond acceptors (Lipinski definition) is 4. The first-order chi connectivity index (χ1) is 9.87. The third-order valence-corrected chi connectivity index (χ3v) is 4.78. The molecule has 0 radical (unpaired) electrons. The van der Waals surface area contributed by atoms with E-state index < -0.39 is 5.60 Å². The first-order valence-electron chi connectivity index (χ1n) is 7.22. The normalized spacial score (nSPS) is 22.7. The average Bonchev–Trinajstić information content (AvgIpc) is 2.77. The molecule has 1 aromatic heterocycles. The summed E-state index contributed by atoms with van der Waals surface area (Å²) in [5.74, 6) is -0.294. The molecular formula is C15H22N2O3S. The molecule has 6 heteroatoms.